The highest BCUT2D eigenvalue weighted by molar-refractivity contribution is 7.99. The first-order chi connectivity index (χ1) is 10.3. The Bertz CT molecular complexity index is 715. The van der Waals surface area contributed by atoms with E-state index in [1.807, 2.05) is 13.8 Å². The largest absolute Gasteiger partial charge is 0.355 e. The Hall–Kier alpha value is -1.89. The number of H-pyrrole nitrogens is 2. The highest BCUT2D eigenvalue weighted by Gasteiger charge is 2.20. The number of nitrogens with one attached hydrogen (secondary N) is 2. The summed E-state index contributed by atoms with van der Waals surface area (Å²) in [5.41, 5.74) is 2.55. The molecule has 0 bridgehead atoms. The van der Waals surface area contributed by atoms with Crippen LogP contribution in [0.1, 0.15) is 64.6 Å². The van der Waals surface area contributed by atoms with Gasteiger partial charge in [0.2, 0.25) is 5.16 Å². The number of carbonyl (C=O) groups is 2. The lowest BCUT2D eigenvalue weighted by Crippen LogP contribution is -2.05. The lowest BCUT2D eigenvalue weighted by Gasteiger charge is -1.99. The van der Waals surface area contributed by atoms with Gasteiger partial charge in [0.1, 0.15) is 5.82 Å². The summed E-state index contributed by atoms with van der Waals surface area (Å²) in [5.74, 6) is 1.21. The predicted molar refractivity (Wildman–Crippen MR) is 85.8 cm³/mol. The summed E-state index contributed by atoms with van der Waals surface area (Å²) in [6, 6.07) is 0. The number of rotatable bonds is 6. The van der Waals surface area contributed by atoms with Gasteiger partial charge in [0, 0.05) is 17.2 Å². The summed E-state index contributed by atoms with van der Waals surface area (Å²) in [5, 5.41) is 7.51. The number of Topliss-reactive ketones (excluding diaryl/α,β-unsaturated/α-hetero) is 2. The summed E-state index contributed by atoms with van der Waals surface area (Å²) in [7, 11) is 0. The minimum atomic E-state index is -0.0611. The van der Waals surface area contributed by atoms with Gasteiger partial charge in [-0.15, -0.1) is 5.10 Å². The Morgan fingerprint density at radius 2 is 1.95 bits per heavy atom. The molecule has 0 atom stereocenters. The average Bonchev–Trinajstić information content (AvgIpc) is 3.01. The number of ketones is 2. The topological polar surface area (TPSA) is 91.5 Å². The molecule has 7 heteroatoms. The van der Waals surface area contributed by atoms with Crippen LogP contribution in [0.3, 0.4) is 0 Å². The van der Waals surface area contributed by atoms with Crippen molar-refractivity contribution < 1.29 is 9.59 Å². The quantitative estimate of drug-likeness (QED) is 0.630. The maximum absolute atomic E-state index is 12.3. The summed E-state index contributed by atoms with van der Waals surface area (Å²) < 4.78 is 0. The molecule has 0 saturated heterocycles. The number of aromatic amines is 2. The molecule has 2 aromatic heterocycles. The Morgan fingerprint density at radius 3 is 2.45 bits per heavy atom. The van der Waals surface area contributed by atoms with E-state index in [1.165, 1.54) is 18.7 Å². The van der Waals surface area contributed by atoms with Gasteiger partial charge in [-0.25, -0.2) is 4.98 Å². The molecule has 0 aromatic carbocycles. The molecule has 0 aliphatic rings. The van der Waals surface area contributed by atoms with Gasteiger partial charge in [0.15, 0.2) is 11.6 Å². The van der Waals surface area contributed by atoms with E-state index in [0.717, 1.165) is 11.5 Å². The molecule has 2 heterocycles. The van der Waals surface area contributed by atoms with E-state index in [4.69, 9.17) is 0 Å². The predicted octanol–water partition coefficient (Wildman–Crippen LogP) is 3.05. The zero-order valence-electron chi connectivity index (χ0n) is 13.4. The second-order valence-corrected chi connectivity index (χ2v) is 6.49. The Balaban J connectivity index is 2.09. The van der Waals surface area contributed by atoms with Crippen molar-refractivity contribution in [3.8, 4) is 0 Å². The fourth-order valence-corrected chi connectivity index (χ4v) is 3.02. The van der Waals surface area contributed by atoms with Crippen molar-refractivity contribution in [2.45, 2.75) is 45.7 Å². The first-order valence-electron chi connectivity index (χ1n) is 7.09. The summed E-state index contributed by atoms with van der Waals surface area (Å²) in [6.45, 7) is 9.15. The summed E-state index contributed by atoms with van der Waals surface area (Å²) >= 11 is 1.29. The van der Waals surface area contributed by atoms with Crippen molar-refractivity contribution >= 4 is 23.3 Å². The number of aryl methyl sites for hydroxylation is 1. The molecule has 0 spiro atoms. The van der Waals surface area contributed by atoms with Gasteiger partial charge >= 0.3 is 0 Å². The number of hydrogen-bond donors (Lipinski definition) is 2. The molecule has 2 N–H and O–H groups in total. The highest BCUT2D eigenvalue weighted by atomic mass is 32.2. The molecule has 2 aromatic rings. The van der Waals surface area contributed by atoms with Crippen molar-refractivity contribution in [2.75, 3.05) is 5.75 Å². The maximum atomic E-state index is 12.3. The van der Waals surface area contributed by atoms with E-state index in [1.54, 1.807) is 13.8 Å². The van der Waals surface area contributed by atoms with E-state index in [9.17, 15) is 9.59 Å². The molecule has 0 fully saturated rings. The molecular weight excluding hydrogens is 300 g/mol. The fourth-order valence-electron chi connectivity index (χ4n) is 2.34. The minimum absolute atomic E-state index is 0.0338. The van der Waals surface area contributed by atoms with Gasteiger partial charge in [-0.2, -0.15) is 0 Å². The van der Waals surface area contributed by atoms with E-state index in [-0.39, 0.29) is 23.2 Å². The van der Waals surface area contributed by atoms with Gasteiger partial charge in [-0.1, -0.05) is 25.6 Å². The van der Waals surface area contributed by atoms with E-state index < -0.39 is 0 Å². The van der Waals surface area contributed by atoms with E-state index >= 15 is 0 Å². The van der Waals surface area contributed by atoms with Crippen LogP contribution in [0.5, 0.6) is 0 Å². The van der Waals surface area contributed by atoms with Gasteiger partial charge in [-0.3, -0.25) is 14.7 Å². The summed E-state index contributed by atoms with van der Waals surface area (Å²) in [6.07, 6.45) is 0. The van der Waals surface area contributed by atoms with E-state index in [0.29, 0.717) is 22.0 Å². The average molecular weight is 320 g/mol. The molecule has 0 aliphatic carbocycles. The van der Waals surface area contributed by atoms with Crippen molar-refractivity contribution in [1.29, 1.82) is 0 Å². The zero-order valence-corrected chi connectivity index (χ0v) is 14.2. The SMILES string of the molecule is CC(=O)c1c(C)[nH]c(C(=O)CSc2n[nH]c(C(C)C)n2)c1C. The molecule has 118 valence electrons. The molecule has 2 rings (SSSR count). The minimum Gasteiger partial charge on any atom is -0.355 e. The second kappa shape index (κ2) is 6.48. The number of carbonyl (C=O) groups excluding carboxylic acids is 2. The van der Waals surface area contributed by atoms with E-state index in [2.05, 4.69) is 20.2 Å². The molecule has 0 aliphatic heterocycles. The third kappa shape index (κ3) is 3.30. The Morgan fingerprint density at radius 1 is 1.27 bits per heavy atom. The Labute approximate surface area is 133 Å². The number of aromatic nitrogens is 4. The molecule has 0 amide bonds. The van der Waals surface area contributed by atoms with Crippen LogP contribution in [0.25, 0.3) is 0 Å². The van der Waals surface area contributed by atoms with Crippen LogP contribution >= 0.6 is 11.8 Å². The first kappa shape index (κ1) is 16.5. The van der Waals surface area contributed by atoms with Crippen molar-refractivity contribution in [1.82, 2.24) is 20.2 Å². The van der Waals surface area contributed by atoms with Crippen molar-refractivity contribution in [3.05, 3.63) is 28.3 Å². The monoisotopic (exact) mass is 320 g/mol. The van der Waals surface area contributed by atoms with Gasteiger partial charge in [-0.05, 0) is 26.3 Å². The van der Waals surface area contributed by atoms with Crippen molar-refractivity contribution in [3.63, 3.8) is 0 Å². The first-order valence-corrected chi connectivity index (χ1v) is 8.08. The van der Waals surface area contributed by atoms with Crippen LogP contribution in [0, 0.1) is 13.8 Å². The number of hydrogen-bond acceptors (Lipinski definition) is 5. The molecule has 6 nitrogen and oxygen atoms in total. The molecule has 0 radical (unpaired) electrons. The third-order valence-electron chi connectivity index (χ3n) is 3.43. The van der Waals surface area contributed by atoms with Gasteiger partial charge < -0.3 is 4.98 Å². The third-order valence-corrected chi connectivity index (χ3v) is 4.28. The second-order valence-electron chi connectivity index (χ2n) is 5.55. The smallest absolute Gasteiger partial charge is 0.208 e. The Kier molecular flexibility index (Phi) is 4.85. The highest BCUT2D eigenvalue weighted by Crippen LogP contribution is 2.22. The maximum Gasteiger partial charge on any atom is 0.208 e. The lowest BCUT2D eigenvalue weighted by atomic mass is 10.1. The zero-order chi connectivity index (χ0) is 16.4. The van der Waals surface area contributed by atoms with Crippen molar-refractivity contribution in [2.24, 2.45) is 0 Å². The molecule has 0 unspecified atom stereocenters. The normalized spacial score (nSPS) is 11.2. The standard InChI is InChI=1S/C15H20N4O2S/c1-7(2)14-17-15(19-18-14)22-6-11(21)13-8(3)12(10(5)20)9(4)16-13/h7,16H,6H2,1-5H3,(H,17,18,19). The van der Waals surface area contributed by atoms with Crippen LogP contribution in [0.2, 0.25) is 0 Å². The van der Waals surface area contributed by atoms with Crippen LogP contribution in [0.15, 0.2) is 5.16 Å². The molecule has 22 heavy (non-hydrogen) atoms. The van der Waals surface area contributed by atoms with Crippen LogP contribution in [-0.4, -0.2) is 37.5 Å². The van der Waals surface area contributed by atoms with Crippen LogP contribution < -0.4 is 0 Å². The fraction of sp³-hybridized carbons (Fsp3) is 0.467. The van der Waals surface area contributed by atoms with Gasteiger partial charge in [0.05, 0.1) is 11.4 Å². The number of nitrogens with zero attached hydrogens (tertiary/aromatic N) is 2. The van der Waals surface area contributed by atoms with Crippen LogP contribution in [0.4, 0.5) is 0 Å². The number of thioether (sulfide) groups is 1. The van der Waals surface area contributed by atoms with Gasteiger partial charge in [0.25, 0.3) is 0 Å². The molecule has 0 saturated carbocycles. The summed E-state index contributed by atoms with van der Waals surface area (Å²) in [4.78, 5) is 31.3. The van der Waals surface area contributed by atoms with Crippen LogP contribution in [-0.2, 0) is 0 Å². The molecular formula is C15H20N4O2S. The lowest BCUT2D eigenvalue weighted by molar-refractivity contribution is 0.101.